The molecule has 0 aromatic rings. The smallest absolute Gasteiger partial charge is 1.00 e. The second kappa shape index (κ2) is 9.15. The summed E-state index contributed by atoms with van der Waals surface area (Å²) in [6, 6.07) is 0. The van der Waals surface area contributed by atoms with Gasteiger partial charge in [0.1, 0.15) is 0 Å². The van der Waals surface area contributed by atoms with Gasteiger partial charge in [-0.2, -0.15) is 4.89 Å². The van der Waals surface area contributed by atoms with E-state index >= 15 is 0 Å². The van der Waals surface area contributed by atoms with Gasteiger partial charge in [0, 0.05) is 0 Å². The van der Waals surface area contributed by atoms with Gasteiger partial charge < -0.3 is 1.43 Å². The Hall–Kier alpha value is 1.06. The molecule has 0 aliphatic rings. The molecule has 2 unspecified atom stereocenters. The molecule has 0 radical (unpaired) electrons. The van der Waals surface area contributed by atoms with E-state index in [1.54, 1.807) is 0 Å². The zero-order chi connectivity index (χ0) is 7.98. The molecule has 0 saturated heterocycles. The van der Waals surface area contributed by atoms with Crippen LogP contribution >= 0.6 is 8.03 Å². The van der Waals surface area contributed by atoms with E-state index < -0.39 is 8.03 Å². The molecule has 2 nitrogen and oxygen atoms in total. The molecular formula is C7H17NaO2P+. The van der Waals surface area contributed by atoms with Crippen LogP contribution in [-0.2, 0) is 4.57 Å². The quantitative estimate of drug-likeness (QED) is 0.368. The van der Waals surface area contributed by atoms with Gasteiger partial charge in [-0.3, -0.25) is 0 Å². The van der Waals surface area contributed by atoms with E-state index in [1.165, 1.54) is 12.8 Å². The van der Waals surface area contributed by atoms with E-state index in [-0.39, 0.29) is 36.6 Å². The van der Waals surface area contributed by atoms with Gasteiger partial charge in [0.05, 0.1) is 0 Å². The molecule has 0 spiro atoms. The SMILES string of the molecule is CCCCCC(C)[P+](=O)O.[H-].[Na+]. The van der Waals surface area contributed by atoms with Crippen molar-refractivity contribution in [1.29, 1.82) is 0 Å². The molecule has 0 saturated carbocycles. The van der Waals surface area contributed by atoms with Crippen LogP contribution in [0.1, 0.15) is 41.0 Å². The second-order valence-corrected chi connectivity index (χ2v) is 4.13. The Morgan fingerprint density at radius 3 is 2.45 bits per heavy atom. The monoisotopic (exact) mass is 187 g/mol. The Labute approximate surface area is 93.4 Å². The first-order chi connectivity index (χ1) is 4.68. The molecule has 0 aromatic heterocycles. The number of hydrogen-bond donors (Lipinski definition) is 1. The van der Waals surface area contributed by atoms with Crippen molar-refractivity contribution in [2.45, 2.75) is 45.2 Å². The normalized spacial score (nSPS) is 13.5. The first kappa shape index (κ1) is 14.6. The number of unbranched alkanes of at least 4 members (excludes halogenated alkanes) is 2. The summed E-state index contributed by atoms with van der Waals surface area (Å²) in [6.45, 7) is 3.96. The van der Waals surface area contributed by atoms with Crippen LogP contribution in [0, 0.1) is 0 Å². The summed E-state index contributed by atoms with van der Waals surface area (Å²) in [7, 11) is -1.93. The summed E-state index contributed by atoms with van der Waals surface area (Å²) in [5, 5.41) is 0. The van der Waals surface area contributed by atoms with Gasteiger partial charge in [0.15, 0.2) is 5.66 Å². The van der Waals surface area contributed by atoms with Crippen LogP contribution in [0.2, 0.25) is 0 Å². The van der Waals surface area contributed by atoms with Crippen molar-refractivity contribution in [1.82, 2.24) is 0 Å². The van der Waals surface area contributed by atoms with Crippen LogP contribution < -0.4 is 29.6 Å². The number of hydrogen-bond acceptors (Lipinski definition) is 1. The van der Waals surface area contributed by atoms with Gasteiger partial charge in [0.25, 0.3) is 0 Å². The Morgan fingerprint density at radius 1 is 1.55 bits per heavy atom. The summed E-state index contributed by atoms with van der Waals surface area (Å²) >= 11 is 0. The third-order valence-corrected chi connectivity index (χ3v) is 2.61. The fourth-order valence-electron chi connectivity index (χ4n) is 0.800. The van der Waals surface area contributed by atoms with Crippen LogP contribution in [0.5, 0.6) is 0 Å². The molecular weight excluding hydrogens is 170 g/mol. The molecule has 1 N–H and O–H groups in total. The zero-order valence-electron chi connectivity index (χ0n) is 8.71. The van der Waals surface area contributed by atoms with Gasteiger partial charge >= 0.3 is 37.6 Å². The first-order valence-corrected chi connectivity index (χ1v) is 5.12. The standard InChI is InChI=1S/C7H15O2P.Na.H/c1-3-4-5-6-7(2)10(8)9;;/h7H,3-6H2,1-2H3;;/q;+1;-1/p+1. The van der Waals surface area contributed by atoms with E-state index in [0.29, 0.717) is 0 Å². The van der Waals surface area contributed by atoms with E-state index in [4.69, 9.17) is 4.89 Å². The average molecular weight is 187 g/mol. The van der Waals surface area contributed by atoms with Crippen LogP contribution in [0.3, 0.4) is 0 Å². The van der Waals surface area contributed by atoms with Crippen LogP contribution in [-0.4, -0.2) is 10.6 Å². The average Bonchev–Trinajstić information content (AvgIpc) is 1.88. The number of rotatable bonds is 5. The van der Waals surface area contributed by atoms with E-state index in [0.717, 1.165) is 12.8 Å². The molecule has 62 valence electrons. The molecule has 0 aliphatic heterocycles. The maximum atomic E-state index is 10.4. The minimum atomic E-state index is -1.93. The van der Waals surface area contributed by atoms with Crippen LogP contribution in [0.15, 0.2) is 0 Å². The Balaban J connectivity index is -0.000000405. The van der Waals surface area contributed by atoms with Crippen molar-refractivity contribution >= 4 is 8.03 Å². The maximum absolute atomic E-state index is 10.4. The fourth-order valence-corrected chi connectivity index (χ4v) is 1.20. The van der Waals surface area contributed by atoms with E-state index in [9.17, 15) is 4.57 Å². The Bertz CT molecular complexity index is 114. The minimum absolute atomic E-state index is 0. The van der Waals surface area contributed by atoms with Gasteiger partial charge in [-0.25, -0.2) is 0 Å². The summed E-state index contributed by atoms with van der Waals surface area (Å²) in [6.07, 6.45) is 4.32. The summed E-state index contributed by atoms with van der Waals surface area (Å²) < 4.78 is 10.4. The third-order valence-electron chi connectivity index (χ3n) is 1.60. The molecule has 0 amide bonds. The molecule has 0 bridgehead atoms. The van der Waals surface area contributed by atoms with Gasteiger partial charge in [-0.1, -0.05) is 19.8 Å². The van der Waals surface area contributed by atoms with Gasteiger partial charge in [0.2, 0.25) is 0 Å². The Kier molecular flexibility index (Phi) is 12.1. The van der Waals surface area contributed by atoms with Gasteiger partial charge in [-0.15, -0.1) is 0 Å². The largest absolute Gasteiger partial charge is 1.00 e. The molecule has 0 heterocycles. The molecule has 4 heteroatoms. The van der Waals surface area contributed by atoms with E-state index in [2.05, 4.69) is 6.92 Å². The third kappa shape index (κ3) is 8.97. The van der Waals surface area contributed by atoms with Gasteiger partial charge in [-0.05, 0) is 24.3 Å². The van der Waals surface area contributed by atoms with Crippen molar-refractivity contribution in [2.75, 3.05) is 0 Å². The molecule has 2 atom stereocenters. The van der Waals surface area contributed by atoms with Crippen molar-refractivity contribution in [3.05, 3.63) is 0 Å². The predicted octanol–water partition coefficient (Wildman–Crippen LogP) is -0.194. The van der Waals surface area contributed by atoms with Crippen molar-refractivity contribution in [2.24, 2.45) is 0 Å². The maximum Gasteiger partial charge on any atom is 1.00 e. The Morgan fingerprint density at radius 2 is 2.09 bits per heavy atom. The minimum Gasteiger partial charge on any atom is -1.00 e. The molecule has 0 fully saturated rings. The summed E-state index contributed by atoms with van der Waals surface area (Å²) in [5.41, 5.74) is -0.0125. The summed E-state index contributed by atoms with van der Waals surface area (Å²) in [5.74, 6) is 0. The second-order valence-electron chi connectivity index (χ2n) is 2.65. The van der Waals surface area contributed by atoms with Crippen molar-refractivity contribution < 1.29 is 40.4 Å². The summed E-state index contributed by atoms with van der Waals surface area (Å²) in [4.78, 5) is 8.63. The zero-order valence-corrected chi connectivity index (χ0v) is 10.6. The van der Waals surface area contributed by atoms with Crippen molar-refractivity contribution in [3.8, 4) is 0 Å². The fraction of sp³-hybridized carbons (Fsp3) is 1.00. The molecule has 0 aromatic carbocycles. The van der Waals surface area contributed by atoms with Crippen LogP contribution in [0.4, 0.5) is 0 Å². The topological polar surface area (TPSA) is 37.3 Å². The molecule has 0 aliphatic carbocycles. The van der Waals surface area contributed by atoms with Crippen LogP contribution in [0.25, 0.3) is 0 Å². The molecule has 11 heavy (non-hydrogen) atoms. The molecule has 0 rings (SSSR count). The first-order valence-electron chi connectivity index (χ1n) is 3.83. The predicted molar refractivity (Wildman–Crippen MR) is 44.5 cm³/mol. The van der Waals surface area contributed by atoms with E-state index in [1.807, 2.05) is 6.92 Å². The van der Waals surface area contributed by atoms with Crippen molar-refractivity contribution in [3.63, 3.8) is 0 Å².